The molecule has 1 saturated carbocycles. The Morgan fingerprint density at radius 3 is 2.63 bits per heavy atom. The lowest BCUT2D eigenvalue weighted by molar-refractivity contribution is -0.132. The molecule has 0 aromatic heterocycles. The molecular formula is C22H26N2O2S. The summed E-state index contributed by atoms with van der Waals surface area (Å²) in [5, 5.41) is 0. The van der Waals surface area contributed by atoms with E-state index in [1.165, 1.54) is 16.7 Å². The van der Waals surface area contributed by atoms with Crippen molar-refractivity contribution in [2.45, 2.75) is 31.2 Å². The van der Waals surface area contributed by atoms with Gasteiger partial charge in [0.25, 0.3) is 0 Å². The predicted octanol–water partition coefficient (Wildman–Crippen LogP) is 3.12. The zero-order valence-corrected chi connectivity index (χ0v) is 16.7. The summed E-state index contributed by atoms with van der Waals surface area (Å²) in [6, 6.07) is 19.0. The van der Waals surface area contributed by atoms with Gasteiger partial charge in [0, 0.05) is 35.8 Å². The summed E-state index contributed by atoms with van der Waals surface area (Å²) in [5.41, 5.74) is 3.57. The molecule has 1 aliphatic heterocycles. The number of benzene rings is 2. The van der Waals surface area contributed by atoms with Gasteiger partial charge in [0.2, 0.25) is 5.91 Å². The second-order valence-corrected chi connectivity index (χ2v) is 9.07. The predicted molar refractivity (Wildman–Crippen MR) is 110 cm³/mol. The maximum atomic E-state index is 13.1. The number of likely N-dealkylation sites (tertiary alicyclic amines) is 1. The zero-order valence-electron chi connectivity index (χ0n) is 15.9. The topological polar surface area (TPSA) is 55.4 Å². The Hall–Kier alpha value is -1.82. The molecule has 0 spiro atoms. The molecule has 4 nitrogen and oxygen atoms in total. The number of nitrogens with one attached hydrogen (secondary N) is 1. The molecule has 142 valence electrons. The number of hydrogen-bond acceptors (Lipinski definition) is 3. The third-order valence-electron chi connectivity index (χ3n) is 5.99. The SMILES string of the molecule is C[S+]([O-])NC1CCN(C(=O)C2CC2(C)c2ccccc2-c2ccccc2)C1. The van der Waals surface area contributed by atoms with Crippen molar-refractivity contribution in [1.29, 1.82) is 0 Å². The average molecular weight is 383 g/mol. The highest BCUT2D eigenvalue weighted by Gasteiger charge is 2.57. The number of carbonyl (C=O) groups is 1. The molecule has 1 N–H and O–H groups in total. The molecule has 5 heteroatoms. The van der Waals surface area contributed by atoms with E-state index in [9.17, 15) is 9.35 Å². The normalized spacial score (nSPS) is 28.2. The molecule has 2 aromatic rings. The average Bonchev–Trinajstić information content (AvgIpc) is 3.16. The summed E-state index contributed by atoms with van der Waals surface area (Å²) in [6.07, 6.45) is 3.41. The Balaban J connectivity index is 1.52. The van der Waals surface area contributed by atoms with E-state index in [0.717, 1.165) is 19.4 Å². The molecule has 1 amide bonds. The van der Waals surface area contributed by atoms with Gasteiger partial charge in [-0.3, -0.25) is 4.79 Å². The molecule has 1 aliphatic carbocycles. The largest absolute Gasteiger partial charge is 0.598 e. The standard InChI is InChI=1S/C22H26N2O2S/c1-22(19-11-7-6-10-18(19)16-8-4-3-5-9-16)14-20(22)21(25)24-13-12-17(15-24)23-27(2)26/h3-11,17,20,23H,12-15H2,1-2H3. The van der Waals surface area contributed by atoms with Gasteiger partial charge in [-0.2, -0.15) is 0 Å². The number of rotatable bonds is 5. The highest BCUT2D eigenvalue weighted by atomic mass is 32.2. The second-order valence-electron chi connectivity index (χ2n) is 7.93. The van der Waals surface area contributed by atoms with Crippen molar-refractivity contribution in [2.24, 2.45) is 5.92 Å². The van der Waals surface area contributed by atoms with E-state index in [4.69, 9.17) is 0 Å². The van der Waals surface area contributed by atoms with Gasteiger partial charge in [0.15, 0.2) is 0 Å². The van der Waals surface area contributed by atoms with Crippen LogP contribution in [0, 0.1) is 5.92 Å². The van der Waals surface area contributed by atoms with Crippen molar-refractivity contribution < 1.29 is 9.35 Å². The van der Waals surface area contributed by atoms with Crippen molar-refractivity contribution in [3.05, 3.63) is 60.2 Å². The first kappa shape index (κ1) is 18.5. The fourth-order valence-corrected chi connectivity index (χ4v) is 5.05. The summed E-state index contributed by atoms with van der Waals surface area (Å²) < 4.78 is 14.4. The van der Waals surface area contributed by atoms with E-state index >= 15 is 0 Å². The maximum Gasteiger partial charge on any atom is 0.226 e. The lowest BCUT2D eigenvalue weighted by Crippen LogP contribution is -2.38. The minimum absolute atomic E-state index is 0.0354. The summed E-state index contributed by atoms with van der Waals surface area (Å²) in [6.45, 7) is 3.62. The first-order valence-corrected chi connectivity index (χ1v) is 11.1. The van der Waals surface area contributed by atoms with Gasteiger partial charge in [0.1, 0.15) is 6.26 Å². The quantitative estimate of drug-likeness (QED) is 0.809. The Kier molecular flexibility index (Phi) is 5.01. The monoisotopic (exact) mass is 382 g/mol. The van der Waals surface area contributed by atoms with Gasteiger partial charge >= 0.3 is 0 Å². The molecule has 2 aromatic carbocycles. The van der Waals surface area contributed by atoms with E-state index in [0.29, 0.717) is 6.54 Å². The van der Waals surface area contributed by atoms with Crippen molar-refractivity contribution in [3.63, 3.8) is 0 Å². The van der Waals surface area contributed by atoms with Crippen LogP contribution in [0.3, 0.4) is 0 Å². The van der Waals surface area contributed by atoms with Crippen molar-refractivity contribution in [3.8, 4) is 11.1 Å². The van der Waals surface area contributed by atoms with Crippen molar-refractivity contribution >= 4 is 17.3 Å². The molecular weight excluding hydrogens is 356 g/mol. The first-order chi connectivity index (χ1) is 13.0. The van der Waals surface area contributed by atoms with Crippen LogP contribution in [0.4, 0.5) is 0 Å². The van der Waals surface area contributed by atoms with Crippen LogP contribution in [0.1, 0.15) is 25.3 Å². The zero-order chi connectivity index (χ0) is 19.0. The number of hydrogen-bond donors (Lipinski definition) is 1. The van der Waals surface area contributed by atoms with Crippen LogP contribution in [-0.2, 0) is 21.6 Å². The Morgan fingerprint density at radius 2 is 1.89 bits per heavy atom. The molecule has 27 heavy (non-hydrogen) atoms. The number of amides is 1. The molecule has 4 unspecified atom stereocenters. The molecule has 1 saturated heterocycles. The maximum absolute atomic E-state index is 13.1. The van der Waals surface area contributed by atoms with Gasteiger partial charge in [0.05, 0.1) is 6.04 Å². The van der Waals surface area contributed by atoms with E-state index in [-0.39, 0.29) is 23.3 Å². The van der Waals surface area contributed by atoms with Crippen LogP contribution in [0.15, 0.2) is 54.6 Å². The smallest absolute Gasteiger partial charge is 0.226 e. The summed E-state index contributed by atoms with van der Waals surface area (Å²) in [5.74, 6) is 0.278. The van der Waals surface area contributed by atoms with Crippen LogP contribution in [0.2, 0.25) is 0 Å². The highest BCUT2D eigenvalue weighted by Crippen LogP contribution is 2.57. The molecule has 4 atom stereocenters. The van der Waals surface area contributed by atoms with E-state index in [1.54, 1.807) is 6.26 Å². The summed E-state index contributed by atoms with van der Waals surface area (Å²) in [7, 11) is 0. The lowest BCUT2D eigenvalue weighted by Gasteiger charge is -2.21. The van der Waals surface area contributed by atoms with Crippen LogP contribution >= 0.6 is 0 Å². The van der Waals surface area contributed by atoms with E-state index in [1.807, 2.05) is 11.0 Å². The minimum Gasteiger partial charge on any atom is -0.598 e. The van der Waals surface area contributed by atoms with Gasteiger partial charge in [-0.15, -0.1) is 4.72 Å². The summed E-state index contributed by atoms with van der Waals surface area (Å²) >= 11 is -1.04. The molecule has 4 rings (SSSR count). The number of nitrogens with zero attached hydrogens (tertiary/aromatic N) is 1. The molecule has 0 bridgehead atoms. The van der Waals surface area contributed by atoms with Crippen molar-refractivity contribution in [2.75, 3.05) is 19.3 Å². The van der Waals surface area contributed by atoms with E-state index in [2.05, 4.69) is 60.2 Å². The third kappa shape index (κ3) is 3.64. The van der Waals surface area contributed by atoms with E-state index < -0.39 is 11.4 Å². The van der Waals surface area contributed by atoms with Gasteiger partial charge < -0.3 is 9.45 Å². The molecule has 2 fully saturated rings. The van der Waals surface area contributed by atoms with Gasteiger partial charge in [-0.05, 0) is 29.5 Å². The van der Waals surface area contributed by atoms with Crippen LogP contribution in [0.25, 0.3) is 11.1 Å². The van der Waals surface area contributed by atoms with Gasteiger partial charge in [-0.1, -0.05) is 61.5 Å². The third-order valence-corrected chi connectivity index (χ3v) is 6.66. The highest BCUT2D eigenvalue weighted by molar-refractivity contribution is 7.88. The number of carbonyl (C=O) groups excluding carboxylic acids is 1. The Morgan fingerprint density at radius 1 is 1.19 bits per heavy atom. The lowest BCUT2D eigenvalue weighted by atomic mass is 9.87. The first-order valence-electron chi connectivity index (χ1n) is 9.52. The fraction of sp³-hybridized carbons (Fsp3) is 0.409. The molecule has 0 radical (unpaired) electrons. The second kappa shape index (κ2) is 7.30. The fourth-order valence-electron chi connectivity index (χ4n) is 4.38. The summed E-state index contributed by atoms with van der Waals surface area (Å²) in [4.78, 5) is 15.0. The Bertz CT molecular complexity index is 826. The van der Waals surface area contributed by atoms with Crippen LogP contribution in [0.5, 0.6) is 0 Å². The Labute approximate surface area is 164 Å². The minimum atomic E-state index is -1.04. The van der Waals surface area contributed by atoms with Crippen LogP contribution in [-0.4, -0.2) is 40.7 Å². The van der Waals surface area contributed by atoms with Crippen molar-refractivity contribution in [1.82, 2.24) is 9.62 Å². The van der Waals surface area contributed by atoms with Gasteiger partial charge in [-0.25, -0.2) is 0 Å². The molecule has 1 heterocycles. The van der Waals surface area contributed by atoms with Crippen LogP contribution < -0.4 is 4.72 Å². The molecule has 2 aliphatic rings.